The van der Waals surface area contributed by atoms with Gasteiger partial charge in [-0.3, -0.25) is 0 Å². The number of ether oxygens (including phenoxy) is 2. The van der Waals surface area contributed by atoms with Crippen molar-refractivity contribution in [3.05, 3.63) is 0 Å². The van der Waals surface area contributed by atoms with Gasteiger partial charge in [-0.2, -0.15) is 0 Å². The molecule has 17 heavy (non-hydrogen) atoms. The Bertz CT molecular complexity index is 206. The molecule has 0 radical (unpaired) electrons. The van der Waals surface area contributed by atoms with Crippen LogP contribution in [0, 0.1) is 5.41 Å². The Morgan fingerprint density at radius 3 is 2.24 bits per heavy atom. The minimum Gasteiger partial charge on any atom is -0.382 e. The summed E-state index contributed by atoms with van der Waals surface area (Å²) < 4.78 is 11.4. The van der Waals surface area contributed by atoms with Crippen molar-refractivity contribution in [1.82, 2.24) is 0 Å². The summed E-state index contributed by atoms with van der Waals surface area (Å²) in [6, 6.07) is 0. The van der Waals surface area contributed by atoms with Crippen LogP contribution in [-0.2, 0) is 9.47 Å². The van der Waals surface area contributed by atoms with Crippen molar-refractivity contribution in [2.75, 3.05) is 26.4 Å². The molecule has 0 atom stereocenters. The first-order chi connectivity index (χ1) is 8.04. The lowest BCUT2D eigenvalue weighted by atomic mass is 9.71. The van der Waals surface area contributed by atoms with Gasteiger partial charge >= 0.3 is 0 Å². The molecule has 0 aromatic carbocycles. The first kappa shape index (κ1) is 14.9. The summed E-state index contributed by atoms with van der Waals surface area (Å²) in [5.41, 5.74) is 6.32. The Balaban J connectivity index is 2.27. The molecule has 1 saturated carbocycles. The van der Waals surface area contributed by atoms with Gasteiger partial charge in [0.1, 0.15) is 0 Å². The van der Waals surface area contributed by atoms with Crippen LogP contribution in [0.4, 0.5) is 0 Å². The standard InChI is InChI=1S/C14H29NO2/c1-4-16-10-5-11-17-14(12-15)8-6-13(2,3)7-9-14/h4-12,15H2,1-3H3. The lowest BCUT2D eigenvalue weighted by molar-refractivity contribution is -0.0854. The molecule has 0 unspecified atom stereocenters. The van der Waals surface area contributed by atoms with Crippen LogP contribution in [0.25, 0.3) is 0 Å². The maximum atomic E-state index is 6.05. The van der Waals surface area contributed by atoms with Crippen LogP contribution in [0.3, 0.4) is 0 Å². The molecule has 0 amide bonds. The molecule has 0 bridgehead atoms. The zero-order valence-electron chi connectivity index (χ0n) is 11.8. The van der Waals surface area contributed by atoms with E-state index in [2.05, 4.69) is 13.8 Å². The minimum atomic E-state index is -0.0538. The van der Waals surface area contributed by atoms with E-state index >= 15 is 0 Å². The molecule has 102 valence electrons. The summed E-state index contributed by atoms with van der Waals surface area (Å²) in [4.78, 5) is 0. The summed E-state index contributed by atoms with van der Waals surface area (Å²) in [5.74, 6) is 0. The average Bonchev–Trinajstić information content (AvgIpc) is 2.32. The lowest BCUT2D eigenvalue weighted by Crippen LogP contribution is -2.45. The first-order valence-corrected chi connectivity index (χ1v) is 6.95. The molecule has 1 rings (SSSR count). The highest BCUT2D eigenvalue weighted by atomic mass is 16.5. The highest BCUT2D eigenvalue weighted by Gasteiger charge is 2.37. The number of rotatable bonds is 7. The van der Waals surface area contributed by atoms with Crippen molar-refractivity contribution in [2.45, 2.75) is 58.5 Å². The topological polar surface area (TPSA) is 44.5 Å². The number of hydrogen-bond acceptors (Lipinski definition) is 3. The molecule has 0 spiro atoms. The van der Waals surface area contributed by atoms with E-state index in [0.29, 0.717) is 12.0 Å². The maximum Gasteiger partial charge on any atom is 0.0804 e. The van der Waals surface area contributed by atoms with E-state index in [-0.39, 0.29) is 5.60 Å². The van der Waals surface area contributed by atoms with Crippen molar-refractivity contribution in [3.63, 3.8) is 0 Å². The van der Waals surface area contributed by atoms with Gasteiger partial charge in [-0.15, -0.1) is 0 Å². The Hall–Kier alpha value is -0.120. The predicted octanol–water partition coefficient (Wildman–Crippen LogP) is 2.73. The average molecular weight is 243 g/mol. The van der Waals surface area contributed by atoms with Crippen LogP contribution in [0.1, 0.15) is 52.9 Å². The summed E-state index contributed by atoms with van der Waals surface area (Å²) in [5, 5.41) is 0. The van der Waals surface area contributed by atoms with E-state index in [9.17, 15) is 0 Å². The monoisotopic (exact) mass is 243 g/mol. The quantitative estimate of drug-likeness (QED) is 0.699. The molecule has 0 saturated heterocycles. The third-order valence-electron chi connectivity index (χ3n) is 3.93. The Labute approximate surface area is 106 Å². The molecule has 1 fully saturated rings. The third-order valence-corrected chi connectivity index (χ3v) is 3.93. The van der Waals surface area contributed by atoms with Gasteiger partial charge in [0, 0.05) is 26.4 Å². The Kier molecular flexibility index (Phi) is 5.90. The smallest absolute Gasteiger partial charge is 0.0804 e. The normalized spacial score (nSPS) is 22.6. The van der Waals surface area contributed by atoms with Crippen LogP contribution in [0.15, 0.2) is 0 Å². The van der Waals surface area contributed by atoms with Crippen LogP contribution in [0.5, 0.6) is 0 Å². The maximum absolute atomic E-state index is 6.05. The molecule has 3 heteroatoms. The minimum absolute atomic E-state index is 0.0538. The molecular weight excluding hydrogens is 214 g/mol. The molecule has 3 nitrogen and oxygen atoms in total. The summed E-state index contributed by atoms with van der Waals surface area (Å²) >= 11 is 0. The SMILES string of the molecule is CCOCCCOC1(CN)CCC(C)(C)CC1. The van der Waals surface area contributed by atoms with Crippen molar-refractivity contribution in [3.8, 4) is 0 Å². The van der Waals surface area contributed by atoms with E-state index in [1.165, 1.54) is 12.8 Å². The highest BCUT2D eigenvalue weighted by molar-refractivity contribution is 4.91. The van der Waals surface area contributed by atoms with Gasteiger partial charge in [-0.25, -0.2) is 0 Å². The second-order valence-corrected chi connectivity index (χ2v) is 5.95. The molecule has 0 aromatic heterocycles. The van der Waals surface area contributed by atoms with Gasteiger partial charge in [0.15, 0.2) is 0 Å². The molecule has 1 aliphatic carbocycles. The molecule has 0 aromatic rings. The van der Waals surface area contributed by atoms with Crippen molar-refractivity contribution in [1.29, 1.82) is 0 Å². The highest BCUT2D eigenvalue weighted by Crippen LogP contribution is 2.41. The summed E-state index contributed by atoms with van der Waals surface area (Å²) in [7, 11) is 0. The molecule has 0 heterocycles. The number of hydrogen-bond donors (Lipinski definition) is 1. The third kappa shape index (κ3) is 4.94. The van der Waals surface area contributed by atoms with Crippen LogP contribution in [0.2, 0.25) is 0 Å². The summed E-state index contributed by atoms with van der Waals surface area (Å²) in [6.07, 6.45) is 5.61. The fraction of sp³-hybridized carbons (Fsp3) is 1.00. The fourth-order valence-electron chi connectivity index (χ4n) is 2.38. The van der Waals surface area contributed by atoms with E-state index in [1.807, 2.05) is 6.92 Å². The fourth-order valence-corrected chi connectivity index (χ4v) is 2.38. The van der Waals surface area contributed by atoms with E-state index < -0.39 is 0 Å². The van der Waals surface area contributed by atoms with Gasteiger partial charge in [-0.05, 0) is 44.4 Å². The molecule has 2 N–H and O–H groups in total. The van der Waals surface area contributed by atoms with Crippen molar-refractivity contribution in [2.24, 2.45) is 11.1 Å². The predicted molar refractivity (Wildman–Crippen MR) is 71.1 cm³/mol. The van der Waals surface area contributed by atoms with Gasteiger partial charge in [0.25, 0.3) is 0 Å². The van der Waals surface area contributed by atoms with E-state index in [4.69, 9.17) is 15.2 Å². The zero-order valence-corrected chi connectivity index (χ0v) is 11.8. The van der Waals surface area contributed by atoms with Crippen LogP contribution < -0.4 is 5.73 Å². The van der Waals surface area contributed by atoms with Crippen LogP contribution >= 0.6 is 0 Å². The van der Waals surface area contributed by atoms with Gasteiger partial charge < -0.3 is 15.2 Å². The summed E-state index contributed by atoms with van der Waals surface area (Å²) in [6.45, 7) is 9.70. The molecular formula is C14H29NO2. The second-order valence-electron chi connectivity index (χ2n) is 5.95. The van der Waals surface area contributed by atoms with E-state index in [1.54, 1.807) is 0 Å². The number of nitrogens with two attached hydrogens (primary N) is 1. The van der Waals surface area contributed by atoms with Gasteiger partial charge in [-0.1, -0.05) is 13.8 Å². The Morgan fingerprint density at radius 1 is 1.06 bits per heavy atom. The van der Waals surface area contributed by atoms with Crippen LogP contribution in [-0.4, -0.2) is 32.0 Å². The van der Waals surface area contributed by atoms with Gasteiger partial charge in [0.2, 0.25) is 0 Å². The van der Waals surface area contributed by atoms with Crippen molar-refractivity contribution < 1.29 is 9.47 Å². The zero-order chi connectivity index (χ0) is 12.8. The first-order valence-electron chi connectivity index (χ1n) is 6.95. The van der Waals surface area contributed by atoms with Gasteiger partial charge in [0.05, 0.1) is 5.60 Å². The largest absolute Gasteiger partial charge is 0.382 e. The molecule has 1 aliphatic rings. The van der Waals surface area contributed by atoms with Crippen molar-refractivity contribution >= 4 is 0 Å². The van der Waals surface area contributed by atoms with E-state index in [0.717, 1.165) is 39.1 Å². The molecule has 0 aliphatic heterocycles. The second kappa shape index (κ2) is 6.72. The Morgan fingerprint density at radius 2 is 1.71 bits per heavy atom. The lowest BCUT2D eigenvalue weighted by Gasteiger charge is -2.42.